The van der Waals surface area contributed by atoms with E-state index in [0.717, 1.165) is 38.3 Å². The SMILES string of the molecule is O=C(/C=C/c1cc(Cl)c2c(c1)OCCO2)N1CCN(Cc2ccsc2)CC1. The number of amides is 1. The van der Waals surface area contributed by atoms with Crippen LogP contribution < -0.4 is 9.47 Å². The summed E-state index contributed by atoms with van der Waals surface area (Å²) in [4.78, 5) is 16.8. The molecule has 3 heterocycles. The van der Waals surface area contributed by atoms with E-state index in [4.69, 9.17) is 21.1 Å². The predicted octanol–water partition coefficient (Wildman–Crippen LogP) is 3.53. The number of fused-ring (bicyclic) bond motifs is 1. The molecule has 5 nitrogen and oxygen atoms in total. The van der Waals surface area contributed by atoms with Gasteiger partial charge in [-0.05, 0) is 46.2 Å². The smallest absolute Gasteiger partial charge is 0.246 e. The van der Waals surface area contributed by atoms with Crippen molar-refractivity contribution in [2.75, 3.05) is 39.4 Å². The number of thiophene rings is 1. The second-order valence-electron chi connectivity index (χ2n) is 6.59. The van der Waals surface area contributed by atoms with Gasteiger partial charge in [-0.15, -0.1) is 0 Å². The van der Waals surface area contributed by atoms with Gasteiger partial charge in [0, 0.05) is 38.8 Å². The van der Waals surface area contributed by atoms with Gasteiger partial charge in [0.2, 0.25) is 5.91 Å². The number of nitrogens with zero attached hydrogens (tertiary/aromatic N) is 2. The van der Waals surface area contributed by atoms with Crippen LogP contribution >= 0.6 is 22.9 Å². The summed E-state index contributed by atoms with van der Waals surface area (Å²) in [6.45, 7) is 5.24. The molecule has 0 spiro atoms. The highest BCUT2D eigenvalue weighted by Gasteiger charge is 2.20. The summed E-state index contributed by atoms with van der Waals surface area (Å²) in [7, 11) is 0. The van der Waals surface area contributed by atoms with E-state index in [-0.39, 0.29) is 5.91 Å². The van der Waals surface area contributed by atoms with Gasteiger partial charge in [0.25, 0.3) is 0 Å². The Balaban J connectivity index is 1.33. The Labute approximate surface area is 167 Å². The van der Waals surface area contributed by atoms with Crippen molar-refractivity contribution < 1.29 is 14.3 Å². The lowest BCUT2D eigenvalue weighted by Gasteiger charge is -2.34. The topological polar surface area (TPSA) is 42.0 Å². The molecule has 0 radical (unpaired) electrons. The highest BCUT2D eigenvalue weighted by atomic mass is 35.5. The number of halogens is 1. The molecule has 1 fully saturated rings. The summed E-state index contributed by atoms with van der Waals surface area (Å²) in [6, 6.07) is 5.80. The summed E-state index contributed by atoms with van der Waals surface area (Å²) in [5.41, 5.74) is 2.17. The number of hydrogen-bond donors (Lipinski definition) is 0. The standard InChI is InChI=1S/C20H21ClN2O3S/c21-17-11-15(12-18-20(17)26-9-8-25-18)1-2-19(24)23-6-4-22(5-7-23)13-16-3-10-27-14-16/h1-3,10-12,14H,4-9,13H2/b2-1+. The molecule has 142 valence electrons. The zero-order valence-electron chi connectivity index (χ0n) is 14.9. The molecule has 0 aliphatic carbocycles. The molecule has 1 saturated heterocycles. The van der Waals surface area contributed by atoms with E-state index in [2.05, 4.69) is 21.7 Å². The summed E-state index contributed by atoms with van der Waals surface area (Å²) >= 11 is 7.97. The van der Waals surface area contributed by atoms with Gasteiger partial charge in [0.1, 0.15) is 13.2 Å². The molecule has 2 aliphatic heterocycles. The normalized spacial score (nSPS) is 17.4. The minimum atomic E-state index is 0.0243. The number of carbonyl (C=O) groups excluding carboxylic acids is 1. The molecule has 1 aromatic carbocycles. The number of rotatable bonds is 4. The molecule has 0 unspecified atom stereocenters. The van der Waals surface area contributed by atoms with Crippen LogP contribution in [0.25, 0.3) is 6.08 Å². The average Bonchev–Trinajstić information content (AvgIpc) is 3.20. The van der Waals surface area contributed by atoms with Crippen LogP contribution in [0.3, 0.4) is 0 Å². The van der Waals surface area contributed by atoms with Gasteiger partial charge in [-0.3, -0.25) is 9.69 Å². The first-order valence-corrected chi connectivity index (χ1v) is 10.3. The van der Waals surface area contributed by atoms with Crippen LogP contribution in [0, 0.1) is 0 Å². The van der Waals surface area contributed by atoms with Crippen molar-refractivity contribution in [3.05, 3.63) is 51.2 Å². The molecule has 2 aliphatic rings. The van der Waals surface area contributed by atoms with Crippen molar-refractivity contribution in [3.8, 4) is 11.5 Å². The molecule has 0 saturated carbocycles. The maximum Gasteiger partial charge on any atom is 0.246 e. The van der Waals surface area contributed by atoms with E-state index in [1.165, 1.54) is 5.56 Å². The molecule has 0 bridgehead atoms. The lowest BCUT2D eigenvalue weighted by Crippen LogP contribution is -2.47. The fourth-order valence-corrected chi connectivity index (χ4v) is 4.20. The van der Waals surface area contributed by atoms with Gasteiger partial charge in [0.05, 0.1) is 5.02 Å². The summed E-state index contributed by atoms with van der Waals surface area (Å²) in [5.74, 6) is 1.23. The van der Waals surface area contributed by atoms with Crippen molar-refractivity contribution in [3.63, 3.8) is 0 Å². The average molecular weight is 405 g/mol. The molecule has 2 aromatic rings. The first-order chi connectivity index (χ1) is 13.2. The Hall–Kier alpha value is -2.02. The van der Waals surface area contributed by atoms with Gasteiger partial charge >= 0.3 is 0 Å². The Morgan fingerprint density at radius 1 is 1.19 bits per heavy atom. The number of hydrogen-bond acceptors (Lipinski definition) is 5. The summed E-state index contributed by atoms with van der Waals surface area (Å²) < 4.78 is 11.1. The Bertz CT molecular complexity index is 830. The van der Waals surface area contributed by atoms with Gasteiger partial charge < -0.3 is 14.4 Å². The van der Waals surface area contributed by atoms with Gasteiger partial charge in [-0.2, -0.15) is 11.3 Å². The molecular formula is C20H21ClN2O3S. The second-order valence-corrected chi connectivity index (χ2v) is 7.78. The van der Waals surface area contributed by atoms with Crippen molar-refractivity contribution >= 4 is 34.9 Å². The van der Waals surface area contributed by atoms with E-state index in [1.807, 2.05) is 11.0 Å². The molecule has 1 aromatic heterocycles. The first kappa shape index (κ1) is 18.3. The van der Waals surface area contributed by atoms with Crippen molar-refractivity contribution in [2.24, 2.45) is 0 Å². The molecular weight excluding hydrogens is 384 g/mol. The van der Waals surface area contributed by atoms with Crippen LogP contribution in [-0.4, -0.2) is 55.1 Å². The van der Waals surface area contributed by atoms with E-state index in [1.54, 1.807) is 29.6 Å². The second kappa shape index (κ2) is 8.33. The molecule has 1 amide bonds. The van der Waals surface area contributed by atoms with E-state index >= 15 is 0 Å². The third-order valence-corrected chi connectivity index (χ3v) is 5.72. The lowest BCUT2D eigenvalue weighted by molar-refractivity contribution is -0.127. The summed E-state index contributed by atoms with van der Waals surface area (Å²) in [5, 5.41) is 4.78. The van der Waals surface area contributed by atoms with Crippen LogP contribution in [0.1, 0.15) is 11.1 Å². The summed E-state index contributed by atoms with van der Waals surface area (Å²) in [6.07, 6.45) is 3.39. The van der Waals surface area contributed by atoms with E-state index < -0.39 is 0 Å². The number of benzene rings is 1. The van der Waals surface area contributed by atoms with Crippen LogP contribution in [-0.2, 0) is 11.3 Å². The zero-order valence-corrected chi connectivity index (χ0v) is 16.5. The van der Waals surface area contributed by atoms with Crippen LogP contribution in [0.15, 0.2) is 35.0 Å². The maximum atomic E-state index is 12.5. The minimum absolute atomic E-state index is 0.0243. The van der Waals surface area contributed by atoms with Crippen molar-refractivity contribution in [1.82, 2.24) is 9.80 Å². The molecule has 27 heavy (non-hydrogen) atoms. The van der Waals surface area contributed by atoms with Crippen LogP contribution in [0.5, 0.6) is 11.5 Å². The van der Waals surface area contributed by atoms with Gasteiger partial charge in [-0.1, -0.05) is 11.6 Å². The highest BCUT2D eigenvalue weighted by molar-refractivity contribution is 7.07. The van der Waals surface area contributed by atoms with Crippen molar-refractivity contribution in [1.29, 1.82) is 0 Å². The molecule has 4 rings (SSSR count). The Kier molecular flexibility index (Phi) is 5.66. The quantitative estimate of drug-likeness (QED) is 0.731. The van der Waals surface area contributed by atoms with Gasteiger partial charge in [0.15, 0.2) is 11.5 Å². The predicted molar refractivity (Wildman–Crippen MR) is 108 cm³/mol. The zero-order chi connectivity index (χ0) is 18.6. The lowest BCUT2D eigenvalue weighted by atomic mass is 10.1. The fourth-order valence-electron chi connectivity index (χ4n) is 3.27. The first-order valence-electron chi connectivity index (χ1n) is 8.98. The van der Waals surface area contributed by atoms with Crippen LogP contribution in [0.4, 0.5) is 0 Å². The Morgan fingerprint density at radius 2 is 2.00 bits per heavy atom. The minimum Gasteiger partial charge on any atom is -0.486 e. The third-order valence-electron chi connectivity index (χ3n) is 4.71. The van der Waals surface area contributed by atoms with Gasteiger partial charge in [-0.25, -0.2) is 0 Å². The van der Waals surface area contributed by atoms with E-state index in [0.29, 0.717) is 29.7 Å². The van der Waals surface area contributed by atoms with E-state index in [9.17, 15) is 4.79 Å². The molecule has 7 heteroatoms. The highest BCUT2D eigenvalue weighted by Crippen LogP contribution is 2.38. The van der Waals surface area contributed by atoms with Crippen LogP contribution in [0.2, 0.25) is 5.02 Å². The molecule has 0 atom stereocenters. The Morgan fingerprint density at radius 3 is 2.78 bits per heavy atom. The number of carbonyl (C=O) groups is 1. The van der Waals surface area contributed by atoms with Crippen molar-refractivity contribution in [2.45, 2.75) is 6.54 Å². The number of ether oxygens (including phenoxy) is 2. The fraction of sp³-hybridized carbons (Fsp3) is 0.350. The number of piperazine rings is 1. The third kappa shape index (κ3) is 4.46. The monoisotopic (exact) mass is 404 g/mol. The largest absolute Gasteiger partial charge is 0.486 e. The molecule has 0 N–H and O–H groups in total. The maximum absolute atomic E-state index is 12.5.